The third kappa shape index (κ3) is 2.71. The van der Waals surface area contributed by atoms with E-state index in [4.69, 9.17) is 13.6 Å². The fourth-order valence-corrected chi connectivity index (χ4v) is 1.36. The normalized spacial score (nSPS) is 20.9. The molecule has 1 aliphatic rings. The Morgan fingerprint density at radius 1 is 1.60 bits per heavy atom. The molecule has 4 nitrogen and oxygen atoms in total. The van der Waals surface area contributed by atoms with Crippen molar-refractivity contribution in [1.29, 1.82) is 0 Å². The average Bonchev–Trinajstić information content (AvgIpc) is 2.41. The molecule has 1 fully saturated rings. The van der Waals surface area contributed by atoms with Crippen molar-refractivity contribution in [2.75, 3.05) is 26.9 Å². The summed E-state index contributed by atoms with van der Waals surface area (Å²) in [4.78, 5) is 3.75. The number of nitrogens with zero attached hydrogens (tertiary/aromatic N) is 1. The topological polar surface area (TPSA) is 40.0 Å². The first-order chi connectivity index (χ1) is 4.93. The van der Waals surface area contributed by atoms with Crippen LogP contribution in [-0.4, -0.2) is 33.1 Å². The van der Waals surface area contributed by atoms with E-state index < -0.39 is 8.60 Å². The molecule has 5 heteroatoms. The van der Waals surface area contributed by atoms with Gasteiger partial charge in [0, 0.05) is 13.3 Å². The molecule has 0 N–H and O–H groups in total. The van der Waals surface area contributed by atoms with Crippen LogP contribution < -0.4 is 0 Å². The van der Waals surface area contributed by atoms with Crippen molar-refractivity contribution in [2.24, 2.45) is 4.99 Å². The maximum absolute atomic E-state index is 5.11. The average molecular weight is 163 g/mol. The quantitative estimate of drug-likeness (QED) is 0.460. The van der Waals surface area contributed by atoms with Crippen molar-refractivity contribution < 1.29 is 13.6 Å². The molecule has 1 saturated heterocycles. The van der Waals surface area contributed by atoms with Crippen LogP contribution >= 0.6 is 8.60 Å². The molecule has 58 valence electrons. The number of hydrogen-bond donors (Lipinski definition) is 0. The molecule has 0 spiro atoms. The molecule has 0 amide bonds. The van der Waals surface area contributed by atoms with Gasteiger partial charge in [-0.2, -0.15) is 0 Å². The van der Waals surface area contributed by atoms with E-state index >= 15 is 0 Å². The van der Waals surface area contributed by atoms with E-state index in [-0.39, 0.29) is 0 Å². The van der Waals surface area contributed by atoms with Crippen molar-refractivity contribution >= 4 is 14.8 Å². The van der Waals surface area contributed by atoms with Crippen LogP contribution in [-0.2, 0) is 13.6 Å². The van der Waals surface area contributed by atoms with E-state index in [9.17, 15) is 0 Å². The zero-order chi connectivity index (χ0) is 7.23. The van der Waals surface area contributed by atoms with Gasteiger partial charge >= 0.3 is 8.60 Å². The molecule has 0 aromatic rings. The SMILES string of the molecule is CN=CCOP1OCCO1. The second-order valence-corrected chi connectivity index (χ2v) is 2.85. The van der Waals surface area contributed by atoms with E-state index in [1.165, 1.54) is 0 Å². The molecular formula is C5H10NO3P. The van der Waals surface area contributed by atoms with Crippen LogP contribution in [0.2, 0.25) is 0 Å². The van der Waals surface area contributed by atoms with Gasteiger partial charge in [-0.05, 0) is 0 Å². The smallest absolute Gasteiger partial charge is 0.310 e. The third-order valence-corrected chi connectivity index (χ3v) is 2.06. The molecule has 10 heavy (non-hydrogen) atoms. The minimum atomic E-state index is -1.05. The van der Waals surface area contributed by atoms with Gasteiger partial charge < -0.3 is 13.6 Å². The molecule has 0 bridgehead atoms. The van der Waals surface area contributed by atoms with E-state index in [0.717, 1.165) is 0 Å². The molecule has 0 aromatic carbocycles. The Hall–Kier alpha value is -0.0200. The number of rotatable bonds is 3. The Morgan fingerprint density at radius 3 is 2.90 bits per heavy atom. The Labute approximate surface area is 61.2 Å². The highest BCUT2D eigenvalue weighted by molar-refractivity contribution is 7.41. The summed E-state index contributed by atoms with van der Waals surface area (Å²) in [6.07, 6.45) is 1.67. The van der Waals surface area contributed by atoms with Crippen molar-refractivity contribution in [2.45, 2.75) is 0 Å². The highest BCUT2D eigenvalue weighted by Gasteiger charge is 2.17. The molecule has 0 unspecified atom stereocenters. The summed E-state index contributed by atoms with van der Waals surface area (Å²) in [5.41, 5.74) is 0. The van der Waals surface area contributed by atoms with Crippen LogP contribution in [0.1, 0.15) is 0 Å². The maximum Gasteiger partial charge on any atom is 0.333 e. The first kappa shape index (κ1) is 8.08. The molecule has 0 aliphatic carbocycles. The predicted octanol–water partition coefficient (Wildman–Crippen LogP) is 0.977. The summed E-state index contributed by atoms with van der Waals surface area (Å²) in [5.74, 6) is 0. The molecule has 0 aromatic heterocycles. The van der Waals surface area contributed by atoms with Gasteiger partial charge in [-0.15, -0.1) is 0 Å². The lowest BCUT2D eigenvalue weighted by Crippen LogP contribution is -1.89. The van der Waals surface area contributed by atoms with E-state index in [0.29, 0.717) is 19.8 Å². The Balaban J connectivity index is 2.01. The van der Waals surface area contributed by atoms with Crippen LogP contribution in [0.15, 0.2) is 4.99 Å². The minimum Gasteiger partial charge on any atom is -0.310 e. The summed E-state index contributed by atoms with van der Waals surface area (Å²) in [6.45, 7) is 1.77. The summed E-state index contributed by atoms with van der Waals surface area (Å²) >= 11 is 0. The standard InChI is InChI=1S/C5H10NO3P/c1-6-2-3-7-10-8-4-5-9-10/h2H,3-5H2,1H3. The maximum atomic E-state index is 5.11. The van der Waals surface area contributed by atoms with Crippen LogP contribution in [0.25, 0.3) is 0 Å². The minimum absolute atomic E-state index is 0.474. The van der Waals surface area contributed by atoms with E-state index in [2.05, 4.69) is 4.99 Å². The second-order valence-electron chi connectivity index (χ2n) is 1.63. The van der Waals surface area contributed by atoms with Gasteiger partial charge in [0.25, 0.3) is 0 Å². The van der Waals surface area contributed by atoms with E-state index in [1.807, 2.05) is 0 Å². The van der Waals surface area contributed by atoms with Gasteiger partial charge in [-0.3, -0.25) is 4.99 Å². The predicted molar refractivity (Wildman–Crippen MR) is 39.2 cm³/mol. The Bertz CT molecular complexity index is 113. The molecule has 0 radical (unpaired) electrons. The summed E-state index contributed by atoms with van der Waals surface area (Å²) in [5, 5.41) is 0. The van der Waals surface area contributed by atoms with Gasteiger partial charge in [0.1, 0.15) is 0 Å². The highest BCUT2D eigenvalue weighted by atomic mass is 31.2. The fourth-order valence-electron chi connectivity index (χ4n) is 0.504. The molecule has 1 rings (SSSR count). The van der Waals surface area contributed by atoms with Crippen LogP contribution in [0.4, 0.5) is 0 Å². The molecule has 1 heterocycles. The summed E-state index contributed by atoms with van der Waals surface area (Å²) < 4.78 is 15.2. The molecule has 0 atom stereocenters. The first-order valence-corrected chi connectivity index (χ1v) is 4.12. The van der Waals surface area contributed by atoms with Crippen molar-refractivity contribution in [3.8, 4) is 0 Å². The number of hydrogen-bond acceptors (Lipinski definition) is 4. The van der Waals surface area contributed by atoms with Crippen LogP contribution in [0, 0.1) is 0 Å². The van der Waals surface area contributed by atoms with Gasteiger partial charge in [0.05, 0.1) is 19.8 Å². The second kappa shape index (κ2) is 4.74. The van der Waals surface area contributed by atoms with Crippen LogP contribution in [0.3, 0.4) is 0 Å². The highest BCUT2D eigenvalue weighted by Crippen LogP contribution is 2.42. The van der Waals surface area contributed by atoms with Gasteiger partial charge in [-0.25, -0.2) is 0 Å². The van der Waals surface area contributed by atoms with Crippen molar-refractivity contribution in [1.82, 2.24) is 0 Å². The fraction of sp³-hybridized carbons (Fsp3) is 0.800. The first-order valence-electron chi connectivity index (χ1n) is 3.03. The van der Waals surface area contributed by atoms with Crippen LogP contribution in [0.5, 0.6) is 0 Å². The number of aliphatic imine (C=N–C) groups is 1. The Kier molecular flexibility index (Phi) is 3.83. The largest absolute Gasteiger partial charge is 0.333 e. The summed E-state index contributed by atoms with van der Waals surface area (Å²) in [6, 6.07) is 0. The van der Waals surface area contributed by atoms with Gasteiger partial charge in [-0.1, -0.05) is 0 Å². The lowest BCUT2D eigenvalue weighted by atomic mass is 10.8. The van der Waals surface area contributed by atoms with Crippen molar-refractivity contribution in [3.63, 3.8) is 0 Å². The van der Waals surface area contributed by atoms with Gasteiger partial charge in [0.2, 0.25) is 0 Å². The third-order valence-electron chi connectivity index (χ3n) is 0.914. The zero-order valence-corrected chi connectivity index (χ0v) is 6.71. The molecule has 1 aliphatic heterocycles. The molecular weight excluding hydrogens is 153 g/mol. The van der Waals surface area contributed by atoms with E-state index in [1.54, 1.807) is 13.3 Å². The summed E-state index contributed by atoms with van der Waals surface area (Å²) in [7, 11) is 0.653. The lowest BCUT2D eigenvalue weighted by molar-refractivity contribution is 0.281. The Morgan fingerprint density at radius 2 is 2.30 bits per heavy atom. The lowest BCUT2D eigenvalue weighted by Gasteiger charge is -2.03. The monoisotopic (exact) mass is 163 g/mol. The zero-order valence-electron chi connectivity index (χ0n) is 5.82. The molecule has 0 saturated carbocycles. The van der Waals surface area contributed by atoms with Crippen molar-refractivity contribution in [3.05, 3.63) is 0 Å². The van der Waals surface area contributed by atoms with Gasteiger partial charge in [0.15, 0.2) is 0 Å².